The van der Waals surface area contributed by atoms with E-state index in [1.54, 1.807) is 12.1 Å². The molecule has 148 valence electrons. The van der Waals surface area contributed by atoms with Crippen LogP contribution in [0.5, 0.6) is 0 Å². The number of carbonyl (C=O) groups is 2. The Morgan fingerprint density at radius 1 is 0.828 bits per heavy atom. The maximum atomic E-state index is 12.2. The van der Waals surface area contributed by atoms with Gasteiger partial charge in [-0.05, 0) is 48.6 Å². The van der Waals surface area contributed by atoms with Gasteiger partial charge in [-0.1, -0.05) is 72.8 Å². The molecule has 0 aliphatic heterocycles. The van der Waals surface area contributed by atoms with E-state index in [1.807, 2.05) is 67.6 Å². The number of amides is 1. The summed E-state index contributed by atoms with van der Waals surface area (Å²) in [4.78, 5) is 24.2. The van der Waals surface area contributed by atoms with Gasteiger partial charge in [0.15, 0.2) is 6.61 Å². The van der Waals surface area contributed by atoms with Gasteiger partial charge in [0.2, 0.25) is 0 Å². The zero-order valence-corrected chi connectivity index (χ0v) is 16.5. The van der Waals surface area contributed by atoms with Crippen LogP contribution in [0.4, 0.5) is 0 Å². The highest BCUT2D eigenvalue weighted by Crippen LogP contribution is 2.19. The van der Waals surface area contributed by atoms with Crippen molar-refractivity contribution < 1.29 is 14.3 Å². The Bertz CT molecular complexity index is 921. The maximum Gasteiger partial charge on any atom is 0.338 e. The zero-order valence-electron chi connectivity index (χ0n) is 16.5. The summed E-state index contributed by atoms with van der Waals surface area (Å²) in [5, 5.41) is 2.87. The van der Waals surface area contributed by atoms with Crippen LogP contribution >= 0.6 is 0 Å². The van der Waals surface area contributed by atoms with E-state index in [0.717, 1.165) is 24.0 Å². The molecular weight excluding hydrogens is 362 g/mol. The molecule has 1 N–H and O–H groups in total. The van der Waals surface area contributed by atoms with Gasteiger partial charge in [-0.3, -0.25) is 4.79 Å². The quantitative estimate of drug-likeness (QED) is 0.573. The topological polar surface area (TPSA) is 55.4 Å². The number of hydrogen-bond donors (Lipinski definition) is 1. The van der Waals surface area contributed by atoms with Crippen molar-refractivity contribution in [2.24, 2.45) is 0 Å². The van der Waals surface area contributed by atoms with Gasteiger partial charge in [-0.25, -0.2) is 4.79 Å². The summed E-state index contributed by atoms with van der Waals surface area (Å²) in [5.41, 5.74) is 3.76. The van der Waals surface area contributed by atoms with E-state index in [4.69, 9.17) is 4.74 Å². The second-order valence-corrected chi connectivity index (χ2v) is 7.01. The Kier molecular flexibility index (Phi) is 7.17. The highest BCUT2D eigenvalue weighted by atomic mass is 16.5. The standard InChI is InChI=1S/C25H25NO3/c1-19(12-13-20-8-4-2-5-9-20)26-24(27)18-29-25(28)23-16-14-22(15-17-23)21-10-6-3-7-11-21/h2-11,14-17,19H,12-13,18H2,1H3,(H,26,27)/t19-/m1/s1. The predicted octanol–water partition coefficient (Wildman–Crippen LogP) is 4.65. The summed E-state index contributed by atoms with van der Waals surface area (Å²) < 4.78 is 5.15. The summed E-state index contributed by atoms with van der Waals surface area (Å²) in [5.74, 6) is -0.795. The van der Waals surface area contributed by atoms with Crippen LogP contribution in [-0.4, -0.2) is 24.5 Å². The third kappa shape index (κ3) is 6.32. The molecule has 3 aromatic rings. The van der Waals surface area contributed by atoms with Gasteiger partial charge >= 0.3 is 5.97 Å². The lowest BCUT2D eigenvalue weighted by atomic mass is 10.0. The van der Waals surface area contributed by atoms with E-state index in [2.05, 4.69) is 17.4 Å². The third-order valence-corrected chi connectivity index (χ3v) is 4.68. The van der Waals surface area contributed by atoms with Gasteiger partial charge in [0.05, 0.1) is 5.56 Å². The Morgan fingerprint density at radius 2 is 1.41 bits per heavy atom. The van der Waals surface area contributed by atoms with Crippen LogP contribution in [0.1, 0.15) is 29.3 Å². The van der Waals surface area contributed by atoms with Crippen LogP contribution in [0.25, 0.3) is 11.1 Å². The van der Waals surface area contributed by atoms with E-state index in [-0.39, 0.29) is 18.6 Å². The summed E-state index contributed by atoms with van der Waals surface area (Å²) in [6.45, 7) is 1.67. The van der Waals surface area contributed by atoms with Gasteiger partial charge < -0.3 is 10.1 Å². The van der Waals surface area contributed by atoms with Gasteiger partial charge in [0.25, 0.3) is 5.91 Å². The fourth-order valence-electron chi connectivity index (χ4n) is 3.06. The Labute approximate surface area is 171 Å². The first kappa shape index (κ1) is 20.3. The molecule has 3 aromatic carbocycles. The molecule has 0 saturated carbocycles. The van der Waals surface area contributed by atoms with Crippen LogP contribution in [-0.2, 0) is 16.0 Å². The first-order valence-corrected chi connectivity index (χ1v) is 9.78. The second kappa shape index (κ2) is 10.2. The van der Waals surface area contributed by atoms with Crippen LogP contribution in [0.15, 0.2) is 84.9 Å². The molecule has 0 bridgehead atoms. The van der Waals surface area contributed by atoms with Gasteiger partial charge in [0.1, 0.15) is 0 Å². The van der Waals surface area contributed by atoms with Crippen molar-refractivity contribution in [2.75, 3.05) is 6.61 Å². The lowest BCUT2D eigenvalue weighted by molar-refractivity contribution is -0.124. The monoisotopic (exact) mass is 387 g/mol. The van der Waals surface area contributed by atoms with E-state index >= 15 is 0 Å². The van der Waals surface area contributed by atoms with Crippen molar-refractivity contribution in [3.05, 3.63) is 96.1 Å². The minimum absolute atomic E-state index is 0.00608. The molecule has 0 aromatic heterocycles. The lowest BCUT2D eigenvalue weighted by Gasteiger charge is -2.14. The highest BCUT2D eigenvalue weighted by Gasteiger charge is 2.12. The first-order chi connectivity index (χ1) is 14.1. The Balaban J connectivity index is 1.43. The smallest absolute Gasteiger partial charge is 0.338 e. The number of hydrogen-bond acceptors (Lipinski definition) is 3. The number of carbonyl (C=O) groups excluding carboxylic acids is 2. The fraction of sp³-hybridized carbons (Fsp3) is 0.200. The van der Waals surface area contributed by atoms with Crippen molar-refractivity contribution in [1.82, 2.24) is 5.32 Å². The van der Waals surface area contributed by atoms with Gasteiger partial charge in [-0.2, -0.15) is 0 Å². The number of nitrogens with one attached hydrogen (secondary N) is 1. The van der Waals surface area contributed by atoms with E-state index in [1.165, 1.54) is 5.56 Å². The zero-order chi connectivity index (χ0) is 20.5. The van der Waals surface area contributed by atoms with Crippen LogP contribution < -0.4 is 5.32 Å². The molecule has 0 heterocycles. The second-order valence-electron chi connectivity index (χ2n) is 7.01. The molecular formula is C25H25NO3. The number of benzene rings is 3. The molecule has 0 spiro atoms. The number of ether oxygens (including phenoxy) is 1. The lowest BCUT2D eigenvalue weighted by Crippen LogP contribution is -2.36. The first-order valence-electron chi connectivity index (χ1n) is 9.78. The number of rotatable bonds is 8. The third-order valence-electron chi connectivity index (χ3n) is 4.68. The number of aryl methyl sites for hydroxylation is 1. The summed E-state index contributed by atoms with van der Waals surface area (Å²) in [6.07, 6.45) is 1.71. The average molecular weight is 387 g/mol. The van der Waals surface area contributed by atoms with Crippen molar-refractivity contribution in [3.8, 4) is 11.1 Å². The molecule has 0 aliphatic carbocycles. The van der Waals surface area contributed by atoms with Crippen molar-refractivity contribution in [1.29, 1.82) is 0 Å². The van der Waals surface area contributed by atoms with E-state index in [0.29, 0.717) is 5.56 Å². The minimum Gasteiger partial charge on any atom is -0.452 e. The molecule has 1 atom stereocenters. The van der Waals surface area contributed by atoms with Crippen LogP contribution in [0, 0.1) is 0 Å². The van der Waals surface area contributed by atoms with Gasteiger partial charge in [-0.15, -0.1) is 0 Å². The summed E-state index contributed by atoms with van der Waals surface area (Å²) in [6, 6.07) is 27.2. The van der Waals surface area contributed by atoms with E-state index in [9.17, 15) is 9.59 Å². The van der Waals surface area contributed by atoms with Gasteiger partial charge in [0, 0.05) is 6.04 Å². The molecule has 3 rings (SSSR count). The molecule has 0 saturated heterocycles. The molecule has 1 amide bonds. The van der Waals surface area contributed by atoms with Crippen LogP contribution in [0.2, 0.25) is 0 Å². The maximum absolute atomic E-state index is 12.2. The molecule has 0 fully saturated rings. The fourth-order valence-corrected chi connectivity index (χ4v) is 3.06. The summed E-state index contributed by atoms with van der Waals surface area (Å²) in [7, 11) is 0. The largest absolute Gasteiger partial charge is 0.452 e. The molecule has 0 radical (unpaired) electrons. The molecule has 0 aliphatic rings. The van der Waals surface area contributed by atoms with Crippen molar-refractivity contribution in [3.63, 3.8) is 0 Å². The highest BCUT2D eigenvalue weighted by molar-refractivity contribution is 5.91. The number of esters is 1. The summed E-state index contributed by atoms with van der Waals surface area (Å²) >= 11 is 0. The normalized spacial score (nSPS) is 11.5. The van der Waals surface area contributed by atoms with E-state index < -0.39 is 5.97 Å². The van der Waals surface area contributed by atoms with Crippen molar-refractivity contribution in [2.45, 2.75) is 25.8 Å². The molecule has 0 unspecified atom stereocenters. The van der Waals surface area contributed by atoms with Crippen molar-refractivity contribution >= 4 is 11.9 Å². The average Bonchev–Trinajstić information content (AvgIpc) is 2.77. The SMILES string of the molecule is C[C@H](CCc1ccccc1)NC(=O)COC(=O)c1ccc(-c2ccccc2)cc1. The Hall–Kier alpha value is -3.40. The predicted molar refractivity (Wildman–Crippen MR) is 115 cm³/mol. The molecule has 4 nitrogen and oxygen atoms in total. The Morgan fingerprint density at radius 3 is 2.07 bits per heavy atom. The minimum atomic E-state index is -0.503. The molecule has 4 heteroatoms. The molecule has 29 heavy (non-hydrogen) atoms. The van der Waals surface area contributed by atoms with Crippen LogP contribution in [0.3, 0.4) is 0 Å².